The number of hydrogen-bond acceptors (Lipinski definition) is 9. The summed E-state index contributed by atoms with van der Waals surface area (Å²) in [5.74, 6) is -0.742. The van der Waals surface area contributed by atoms with E-state index in [1.54, 1.807) is 35.4 Å². The van der Waals surface area contributed by atoms with Crippen LogP contribution < -0.4 is 15.5 Å². The fourth-order valence-corrected chi connectivity index (χ4v) is 6.44. The highest BCUT2D eigenvalue weighted by atomic mass is 32.1. The van der Waals surface area contributed by atoms with E-state index in [0.717, 1.165) is 42.6 Å². The second kappa shape index (κ2) is 11.7. The molecule has 11 heteroatoms. The minimum absolute atomic E-state index is 0.0137. The molecule has 210 valence electrons. The van der Waals surface area contributed by atoms with Crippen molar-refractivity contribution in [2.45, 2.75) is 44.5 Å². The number of rotatable bonds is 8. The number of amides is 2. The summed E-state index contributed by atoms with van der Waals surface area (Å²) in [7, 11) is 3.94. The van der Waals surface area contributed by atoms with Gasteiger partial charge in [0.15, 0.2) is 10.9 Å². The molecule has 3 saturated heterocycles. The summed E-state index contributed by atoms with van der Waals surface area (Å²) in [6.07, 6.45) is 0.353. The van der Waals surface area contributed by atoms with Gasteiger partial charge in [-0.3, -0.25) is 14.4 Å². The van der Waals surface area contributed by atoms with Gasteiger partial charge in [-0.15, -0.1) is 11.3 Å². The molecule has 4 heterocycles. The first-order valence-corrected chi connectivity index (χ1v) is 14.6. The third-order valence-electron chi connectivity index (χ3n) is 8.31. The van der Waals surface area contributed by atoms with Crippen molar-refractivity contribution in [2.75, 3.05) is 58.3 Å². The predicted molar refractivity (Wildman–Crippen MR) is 151 cm³/mol. The van der Waals surface area contributed by atoms with Crippen LogP contribution in [0.2, 0.25) is 0 Å². The molecule has 3 aliphatic heterocycles. The van der Waals surface area contributed by atoms with E-state index in [1.807, 2.05) is 26.0 Å². The van der Waals surface area contributed by atoms with E-state index in [4.69, 9.17) is 9.72 Å². The van der Waals surface area contributed by atoms with Crippen molar-refractivity contribution in [3.05, 3.63) is 35.2 Å². The predicted octanol–water partition coefficient (Wildman–Crippen LogP) is 1.47. The SMILES string of the molecule is CC[C@H](C)[C@H](NC(=O)c1ccc(-c2csc(N3CCN(C)CC3)n2)cc1)C(=O)N1C[C@H](NC)[C@H]2OCC(=O)[C@H]21. The smallest absolute Gasteiger partial charge is 0.251 e. The second-order valence-electron chi connectivity index (χ2n) is 10.8. The number of ketones is 1. The van der Waals surface area contributed by atoms with Crippen molar-refractivity contribution in [2.24, 2.45) is 5.92 Å². The number of carbonyl (C=O) groups excluding carboxylic acids is 3. The lowest BCUT2D eigenvalue weighted by Crippen LogP contribution is -2.54. The average Bonchev–Trinajstić information content (AvgIpc) is 3.68. The van der Waals surface area contributed by atoms with Gasteiger partial charge in [-0.1, -0.05) is 32.4 Å². The molecule has 10 nitrogen and oxygen atoms in total. The van der Waals surface area contributed by atoms with Gasteiger partial charge in [-0.2, -0.15) is 0 Å². The molecule has 0 bridgehead atoms. The molecule has 2 N–H and O–H groups in total. The number of hydrogen-bond donors (Lipinski definition) is 2. The number of Topliss-reactive ketones (excluding diaryl/α,β-unsaturated/α-hetero) is 1. The molecule has 39 heavy (non-hydrogen) atoms. The lowest BCUT2D eigenvalue weighted by Gasteiger charge is -2.32. The van der Waals surface area contributed by atoms with Gasteiger partial charge in [0.1, 0.15) is 24.8 Å². The van der Waals surface area contributed by atoms with Crippen molar-refractivity contribution < 1.29 is 19.1 Å². The number of benzene rings is 1. The Labute approximate surface area is 233 Å². The second-order valence-corrected chi connectivity index (χ2v) is 11.6. The zero-order valence-corrected chi connectivity index (χ0v) is 23.9. The molecule has 3 fully saturated rings. The van der Waals surface area contributed by atoms with Gasteiger partial charge in [0.05, 0.1) is 11.7 Å². The van der Waals surface area contributed by atoms with Gasteiger partial charge >= 0.3 is 0 Å². The van der Waals surface area contributed by atoms with Crippen molar-refractivity contribution in [1.82, 2.24) is 25.4 Å². The monoisotopic (exact) mass is 554 g/mol. The number of ether oxygens (including phenoxy) is 1. The van der Waals surface area contributed by atoms with Gasteiger partial charge < -0.3 is 30.1 Å². The summed E-state index contributed by atoms with van der Waals surface area (Å²) in [4.78, 5) is 50.6. The number of likely N-dealkylation sites (tertiary alicyclic amines) is 1. The zero-order valence-electron chi connectivity index (χ0n) is 23.1. The maximum atomic E-state index is 13.7. The van der Waals surface area contributed by atoms with Crippen molar-refractivity contribution in [3.8, 4) is 11.3 Å². The Kier molecular flexibility index (Phi) is 8.32. The Morgan fingerprint density at radius 3 is 2.56 bits per heavy atom. The van der Waals surface area contributed by atoms with Gasteiger partial charge in [0, 0.05) is 49.2 Å². The first-order chi connectivity index (χ1) is 18.8. The molecular formula is C28H38N6O4S. The molecule has 0 unspecified atom stereocenters. The van der Waals surface area contributed by atoms with Crippen LogP contribution in [-0.4, -0.2) is 110 Å². The Balaban J connectivity index is 1.27. The zero-order chi connectivity index (χ0) is 27.7. The van der Waals surface area contributed by atoms with Crippen LogP contribution in [-0.2, 0) is 14.3 Å². The number of carbonyl (C=O) groups is 3. The molecule has 3 aliphatic rings. The first kappa shape index (κ1) is 27.7. The minimum Gasteiger partial charge on any atom is -0.366 e. The summed E-state index contributed by atoms with van der Waals surface area (Å²) in [5, 5.41) is 9.20. The maximum Gasteiger partial charge on any atom is 0.251 e. The van der Waals surface area contributed by atoms with E-state index in [9.17, 15) is 14.4 Å². The van der Waals surface area contributed by atoms with Gasteiger partial charge in [0.25, 0.3) is 5.91 Å². The third-order valence-corrected chi connectivity index (χ3v) is 9.21. The first-order valence-electron chi connectivity index (χ1n) is 13.7. The molecule has 0 saturated carbocycles. The number of fused-ring (bicyclic) bond motifs is 1. The quantitative estimate of drug-likeness (QED) is 0.506. The number of piperazine rings is 1. The number of anilines is 1. The molecule has 1 aromatic heterocycles. The van der Waals surface area contributed by atoms with E-state index in [-0.39, 0.29) is 42.3 Å². The van der Waals surface area contributed by atoms with E-state index in [0.29, 0.717) is 18.5 Å². The summed E-state index contributed by atoms with van der Waals surface area (Å²) in [6, 6.07) is 5.88. The lowest BCUT2D eigenvalue weighted by molar-refractivity contribution is -0.139. The van der Waals surface area contributed by atoms with Crippen LogP contribution in [0.5, 0.6) is 0 Å². The molecule has 0 aliphatic carbocycles. The lowest BCUT2D eigenvalue weighted by atomic mass is 9.96. The van der Waals surface area contributed by atoms with Crippen molar-refractivity contribution in [3.63, 3.8) is 0 Å². The molecule has 2 aromatic rings. The normalized spacial score (nSPS) is 25.0. The fraction of sp³-hybridized carbons (Fsp3) is 0.571. The highest BCUT2D eigenvalue weighted by Gasteiger charge is 2.53. The summed E-state index contributed by atoms with van der Waals surface area (Å²) in [6.45, 7) is 8.31. The van der Waals surface area contributed by atoms with Gasteiger partial charge in [-0.25, -0.2) is 4.98 Å². The number of nitrogens with zero attached hydrogens (tertiary/aromatic N) is 4. The van der Waals surface area contributed by atoms with E-state index < -0.39 is 12.1 Å². The van der Waals surface area contributed by atoms with Crippen molar-refractivity contribution >= 4 is 34.1 Å². The molecule has 5 atom stereocenters. The Hall–Kier alpha value is -2.86. The van der Waals surface area contributed by atoms with Gasteiger partial charge in [-0.05, 0) is 32.1 Å². The summed E-state index contributed by atoms with van der Waals surface area (Å²) < 4.78 is 5.68. The van der Waals surface area contributed by atoms with Crippen LogP contribution in [0.25, 0.3) is 11.3 Å². The van der Waals surface area contributed by atoms with Crippen LogP contribution in [0.3, 0.4) is 0 Å². The Morgan fingerprint density at radius 2 is 1.90 bits per heavy atom. The number of nitrogens with one attached hydrogen (secondary N) is 2. The van der Waals surface area contributed by atoms with Gasteiger partial charge in [0.2, 0.25) is 5.91 Å². The van der Waals surface area contributed by atoms with E-state index in [1.165, 1.54) is 0 Å². The van der Waals surface area contributed by atoms with Crippen LogP contribution in [0.15, 0.2) is 29.6 Å². The fourth-order valence-electron chi connectivity index (χ4n) is 5.56. The summed E-state index contributed by atoms with van der Waals surface area (Å²) >= 11 is 1.64. The van der Waals surface area contributed by atoms with E-state index >= 15 is 0 Å². The molecule has 0 radical (unpaired) electrons. The van der Waals surface area contributed by atoms with E-state index in [2.05, 4.69) is 32.9 Å². The minimum atomic E-state index is -0.739. The summed E-state index contributed by atoms with van der Waals surface area (Å²) in [5.41, 5.74) is 2.31. The highest BCUT2D eigenvalue weighted by molar-refractivity contribution is 7.14. The molecular weight excluding hydrogens is 516 g/mol. The molecule has 0 spiro atoms. The number of aromatic nitrogens is 1. The number of likely N-dealkylation sites (N-methyl/N-ethyl adjacent to an activating group) is 2. The van der Waals surface area contributed by atoms with Crippen LogP contribution in [0, 0.1) is 5.92 Å². The standard InChI is InChI=1S/C28H38N6O4S/c1-5-17(2)23(27(37)34-14-20(29-3)25-24(34)22(35)15-38-25)31-26(36)19-8-6-18(7-9-19)21-16-39-28(30-21)33-12-10-32(4)11-13-33/h6-9,16-17,20,23-25,29H,5,10-15H2,1-4H3,(H,31,36)/t17-,20-,23-,24+,25+/m0/s1. The van der Waals surface area contributed by atoms with Crippen LogP contribution in [0.4, 0.5) is 5.13 Å². The maximum absolute atomic E-state index is 13.7. The Bertz CT molecular complexity index is 1190. The topological polar surface area (TPSA) is 107 Å². The highest BCUT2D eigenvalue weighted by Crippen LogP contribution is 2.30. The molecule has 1 aromatic carbocycles. The average molecular weight is 555 g/mol. The largest absolute Gasteiger partial charge is 0.366 e. The molecule has 5 rings (SSSR count). The molecule has 2 amide bonds. The van der Waals surface area contributed by atoms with Crippen molar-refractivity contribution in [1.29, 1.82) is 0 Å². The van der Waals surface area contributed by atoms with Crippen LogP contribution in [0.1, 0.15) is 30.6 Å². The third kappa shape index (κ3) is 5.58. The number of thiazole rings is 1. The van der Waals surface area contributed by atoms with Crippen LogP contribution >= 0.6 is 11.3 Å². The Morgan fingerprint density at radius 1 is 1.18 bits per heavy atom.